The van der Waals surface area contributed by atoms with E-state index < -0.39 is 6.10 Å². The molecule has 1 fully saturated rings. The predicted molar refractivity (Wildman–Crippen MR) is 90.3 cm³/mol. The minimum atomic E-state index is -0.454. The smallest absolute Gasteiger partial charge is 0.317 e. The lowest BCUT2D eigenvalue weighted by atomic mass is 9.96. The topological polar surface area (TPSA) is 78.6 Å². The zero-order valence-corrected chi connectivity index (χ0v) is 14.0. The lowest BCUT2D eigenvalue weighted by molar-refractivity contribution is 0.0435. The minimum Gasteiger partial charge on any atom is -0.444 e. The van der Waals surface area contributed by atoms with Crippen molar-refractivity contribution in [1.29, 1.82) is 0 Å². The van der Waals surface area contributed by atoms with E-state index in [-0.39, 0.29) is 11.9 Å². The van der Waals surface area contributed by atoms with Gasteiger partial charge in [-0.05, 0) is 31.4 Å². The van der Waals surface area contributed by atoms with Gasteiger partial charge in [-0.25, -0.2) is 9.78 Å². The highest BCUT2D eigenvalue weighted by Gasteiger charge is 2.27. The Balaban J connectivity index is 1.55. The Labute approximate surface area is 141 Å². The summed E-state index contributed by atoms with van der Waals surface area (Å²) in [5, 5.41) is 12.7. The molecule has 2 unspecified atom stereocenters. The van der Waals surface area contributed by atoms with Crippen molar-refractivity contribution in [3.63, 3.8) is 0 Å². The number of nitrogens with one attached hydrogen (secondary N) is 1. The molecule has 128 valence electrons. The van der Waals surface area contributed by atoms with Crippen molar-refractivity contribution in [2.24, 2.45) is 5.92 Å². The lowest BCUT2D eigenvalue weighted by Gasteiger charge is -2.34. The third kappa shape index (κ3) is 3.76. The van der Waals surface area contributed by atoms with Crippen LogP contribution in [0.2, 0.25) is 0 Å². The first-order valence-corrected chi connectivity index (χ1v) is 8.25. The van der Waals surface area contributed by atoms with Crippen molar-refractivity contribution in [1.82, 2.24) is 15.2 Å². The Hall–Kier alpha value is -2.34. The molecule has 1 aromatic heterocycles. The molecule has 1 aliphatic rings. The Kier molecular flexibility index (Phi) is 4.85. The highest BCUT2D eigenvalue weighted by atomic mass is 16.3. The van der Waals surface area contributed by atoms with Crippen LogP contribution < -0.4 is 5.32 Å². The maximum absolute atomic E-state index is 12.2. The van der Waals surface area contributed by atoms with Gasteiger partial charge in [0.05, 0.1) is 18.3 Å². The quantitative estimate of drug-likeness (QED) is 0.907. The van der Waals surface area contributed by atoms with Gasteiger partial charge >= 0.3 is 6.03 Å². The molecule has 2 amide bonds. The lowest BCUT2D eigenvalue weighted by Crippen LogP contribution is -2.49. The first-order valence-electron chi connectivity index (χ1n) is 8.25. The molecule has 24 heavy (non-hydrogen) atoms. The van der Waals surface area contributed by atoms with E-state index >= 15 is 0 Å². The van der Waals surface area contributed by atoms with Crippen molar-refractivity contribution >= 4 is 6.03 Å². The molecule has 0 saturated carbocycles. The number of hydrogen-bond donors (Lipinski definition) is 2. The van der Waals surface area contributed by atoms with Gasteiger partial charge in [-0.15, -0.1) is 0 Å². The monoisotopic (exact) mass is 329 g/mol. The van der Waals surface area contributed by atoms with E-state index in [0.717, 1.165) is 12.0 Å². The van der Waals surface area contributed by atoms with Crippen LogP contribution in [0.4, 0.5) is 4.79 Å². The Morgan fingerprint density at radius 1 is 1.42 bits per heavy atom. The summed E-state index contributed by atoms with van der Waals surface area (Å²) in [7, 11) is 0. The number of amides is 2. The molecule has 2 aromatic rings. The summed E-state index contributed by atoms with van der Waals surface area (Å²) < 4.78 is 5.48. The second kappa shape index (κ2) is 7.05. The zero-order valence-electron chi connectivity index (χ0n) is 14.0. The molecule has 0 spiro atoms. The summed E-state index contributed by atoms with van der Waals surface area (Å²) in [6, 6.07) is 7.74. The van der Waals surface area contributed by atoms with Crippen molar-refractivity contribution in [2.75, 3.05) is 13.1 Å². The largest absolute Gasteiger partial charge is 0.444 e. The predicted octanol–water partition coefficient (Wildman–Crippen LogP) is 2.56. The molecule has 6 heteroatoms. The number of likely N-dealkylation sites (tertiary alicyclic amines) is 1. The first-order chi connectivity index (χ1) is 11.5. The average molecular weight is 329 g/mol. The van der Waals surface area contributed by atoms with Crippen LogP contribution in [0.5, 0.6) is 0 Å². The molecule has 0 aliphatic carbocycles. The molecular formula is C18H23N3O3. The van der Waals surface area contributed by atoms with Crippen LogP contribution >= 0.6 is 0 Å². The number of aryl methyl sites for hydroxylation is 1. The molecule has 6 nitrogen and oxygen atoms in total. The van der Waals surface area contributed by atoms with E-state index in [1.54, 1.807) is 11.2 Å². The van der Waals surface area contributed by atoms with Crippen LogP contribution in [-0.4, -0.2) is 40.2 Å². The highest BCUT2D eigenvalue weighted by Crippen LogP contribution is 2.19. The van der Waals surface area contributed by atoms with Gasteiger partial charge in [0.1, 0.15) is 6.26 Å². The number of β-amino-alcohol motifs (C(OH)–C–C–N with tert-alkyl or cyclic N) is 1. The van der Waals surface area contributed by atoms with Crippen molar-refractivity contribution in [2.45, 2.75) is 32.9 Å². The molecule has 0 radical (unpaired) electrons. The molecule has 1 aliphatic heterocycles. The number of piperidine rings is 1. The SMILES string of the molecule is Cc1ccc(-c2nc(CNC(=O)N3CCC(C)C(O)C3)co2)cc1. The second-order valence-corrected chi connectivity index (χ2v) is 6.45. The van der Waals surface area contributed by atoms with Gasteiger partial charge in [-0.2, -0.15) is 0 Å². The van der Waals surface area contributed by atoms with Gasteiger partial charge in [0, 0.05) is 18.7 Å². The summed E-state index contributed by atoms with van der Waals surface area (Å²) in [6.07, 6.45) is 1.92. The van der Waals surface area contributed by atoms with Crippen LogP contribution in [0.25, 0.3) is 11.5 Å². The first kappa shape index (κ1) is 16.5. The summed E-state index contributed by atoms with van der Waals surface area (Å²) in [6.45, 7) is 5.37. The Morgan fingerprint density at radius 3 is 2.88 bits per heavy atom. The van der Waals surface area contributed by atoms with Crippen molar-refractivity contribution in [3.05, 3.63) is 41.8 Å². The minimum absolute atomic E-state index is 0.180. The third-order valence-corrected chi connectivity index (χ3v) is 4.48. The number of carbonyl (C=O) groups is 1. The molecule has 1 aromatic carbocycles. The number of hydrogen-bond acceptors (Lipinski definition) is 4. The number of urea groups is 1. The number of rotatable bonds is 3. The number of benzene rings is 1. The summed E-state index contributed by atoms with van der Waals surface area (Å²) in [4.78, 5) is 18.2. The van der Waals surface area contributed by atoms with E-state index in [1.807, 2.05) is 38.1 Å². The van der Waals surface area contributed by atoms with Crippen LogP contribution in [-0.2, 0) is 6.54 Å². The number of aliphatic hydroxyl groups excluding tert-OH is 1. The van der Waals surface area contributed by atoms with Gasteiger partial charge in [-0.1, -0.05) is 24.6 Å². The van der Waals surface area contributed by atoms with Gasteiger partial charge in [0.25, 0.3) is 0 Å². The third-order valence-electron chi connectivity index (χ3n) is 4.48. The molecular weight excluding hydrogens is 306 g/mol. The van der Waals surface area contributed by atoms with Crippen LogP contribution in [0, 0.1) is 12.8 Å². The van der Waals surface area contributed by atoms with E-state index in [9.17, 15) is 9.90 Å². The summed E-state index contributed by atoms with van der Waals surface area (Å²) in [5.74, 6) is 0.781. The summed E-state index contributed by atoms with van der Waals surface area (Å²) >= 11 is 0. The average Bonchev–Trinajstić information content (AvgIpc) is 3.05. The standard InChI is InChI=1S/C18H23N3O3/c1-12-3-5-14(6-4-12)17-20-15(11-24-17)9-19-18(23)21-8-7-13(2)16(22)10-21/h3-6,11,13,16,22H,7-10H2,1-2H3,(H,19,23). The fourth-order valence-corrected chi connectivity index (χ4v) is 2.73. The number of nitrogens with zero attached hydrogens (tertiary/aromatic N) is 2. The van der Waals surface area contributed by atoms with E-state index in [2.05, 4.69) is 10.3 Å². The molecule has 0 bridgehead atoms. The van der Waals surface area contributed by atoms with Crippen LogP contribution in [0.15, 0.2) is 34.9 Å². The molecule has 3 rings (SSSR count). The molecule has 2 heterocycles. The van der Waals surface area contributed by atoms with Gasteiger partial charge in [-0.3, -0.25) is 0 Å². The van der Waals surface area contributed by atoms with Crippen LogP contribution in [0.3, 0.4) is 0 Å². The fraction of sp³-hybridized carbons (Fsp3) is 0.444. The van der Waals surface area contributed by atoms with Crippen molar-refractivity contribution < 1.29 is 14.3 Å². The maximum atomic E-state index is 12.2. The highest BCUT2D eigenvalue weighted by molar-refractivity contribution is 5.74. The van der Waals surface area contributed by atoms with Gasteiger partial charge < -0.3 is 19.7 Å². The number of oxazole rings is 1. The molecule has 2 atom stereocenters. The Bertz CT molecular complexity index is 696. The van der Waals surface area contributed by atoms with Crippen molar-refractivity contribution in [3.8, 4) is 11.5 Å². The number of aliphatic hydroxyl groups is 1. The van der Waals surface area contributed by atoms with E-state index in [0.29, 0.717) is 31.2 Å². The molecule has 1 saturated heterocycles. The number of carbonyl (C=O) groups excluding carboxylic acids is 1. The fourth-order valence-electron chi connectivity index (χ4n) is 2.73. The Morgan fingerprint density at radius 2 is 2.17 bits per heavy atom. The van der Waals surface area contributed by atoms with E-state index in [4.69, 9.17) is 4.42 Å². The number of aromatic nitrogens is 1. The van der Waals surface area contributed by atoms with E-state index in [1.165, 1.54) is 5.56 Å². The summed E-state index contributed by atoms with van der Waals surface area (Å²) in [5.41, 5.74) is 2.76. The second-order valence-electron chi connectivity index (χ2n) is 6.45. The normalized spacial score (nSPS) is 20.9. The van der Waals surface area contributed by atoms with Crippen LogP contribution in [0.1, 0.15) is 24.6 Å². The zero-order chi connectivity index (χ0) is 17.1. The van der Waals surface area contributed by atoms with Gasteiger partial charge in [0.2, 0.25) is 5.89 Å². The molecule has 2 N–H and O–H groups in total. The van der Waals surface area contributed by atoms with Gasteiger partial charge in [0.15, 0.2) is 0 Å². The maximum Gasteiger partial charge on any atom is 0.317 e.